The number of ether oxygens (including phenoxy) is 1. The molecule has 2 heterocycles. The Hall–Kier alpha value is -4.09. The van der Waals surface area contributed by atoms with Gasteiger partial charge in [-0.05, 0) is 60.5 Å². The van der Waals surface area contributed by atoms with Gasteiger partial charge >= 0.3 is 18.2 Å². The van der Waals surface area contributed by atoms with Crippen LogP contribution in [0.1, 0.15) is 41.3 Å². The van der Waals surface area contributed by atoms with Crippen molar-refractivity contribution in [2.45, 2.75) is 25.2 Å². The summed E-state index contributed by atoms with van der Waals surface area (Å²) in [7, 11) is 0. The summed E-state index contributed by atoms with van der Waals surface area (Å²) in [5.41, 5.74) is 0.729. The number of nitrogens with zero attached hydrogens (tertiary/aromatic N) is 4. The second-order valence-corrected chi connectivity index (χ2v) is 10.6. The molecule has 3 aromatic rings. The van der Waals surface area contributed by atoms with Crippen molar-refractivity contribution in [2.24, 2.45) is 9.98 Å². The fraction of sp³-hybridized carbons (Fsp3) is 0.267. The number of halogens is 5. The van der Waals surface area contributed by atoms with E-state index >= 15 is 0 Å². The molecule has 4 amide bonds. The number of hydrogen-bond donors (Lipinski definition) is 1. The average Bonchev–Trinajstić information content (AvgIpc) is 3.57. The van der Waals surface area contributed by atoms with Gasteiger partial charge in [0.1, 0.15) is 17.6 Å². The van der Waals surface area contributed by atoms with Crippen LogP contribution in [0, 0.1) is 0 Å². The molecule has 0 aliphatic carbocycles. The highest BCUT2D eigenvalue weighted by atomic mass is 35.5. The van der Waals surface area contributed by atoms with Gasteiger partial charge in [0.25, 0.3) is 0 Å². The van der Waals surface area contributed by atoms with Gasteiger partial charge in [0.2, 0.25) is 0 Å². The number of aliphatic imine (C=N–C) groups is 2. The van der Waals surface area contributed by atoms with Crippen LogP contribution < -0.4 is 10.1 Å². The highest BCUT2D eigenvalue weighted by Gasteiger charge is 2.43. The molecule has 0 saturated heterocycles. The Morgan fingerprint density at radius 3 is 2.26 bits per heavy atom. The van der Waals surface area contributed by atoms with E-state index in [0.29, 0.717) is 22.2 Å². The van der Waals surface area contributed by atoms with Crippen LogP contribution in [0.3, 0.4) is 0 Å². The first-order valence-corrected chi connectivity index (χ1v) is 14.1. The number of benzene rings is 3. The molecule has 2 aliphatic heterocycles. The quantitative estimate of drug-likeness (QED) is 0.286. The molecule has 0 bridgehead atoms. The van der Waals surface area contributed by atoms with Crippen LogP contribution in [0.4, 0.5) is 22.8 Å². The van der Waals surface area contributed by atoms with Crippen molar-refractivity contribution in [1.29, 1.82) is 0 Å². The number of carbonyl (C=O) groups is 2. The molecule has 0 spiro atoms. The van der Waals surface area contributed by atoms with Gasteiger partial charge in [-0.25, -0.2) is 14.6 Å². The minimum absolute atomic E-state index is 0.0692. The van der Waals surface area contributed by atoms with Gasteiger partial charge in [-0.3, -0.25) is 9.89 Å². The number of amidine groups is 1. The number of rotatable bonds is 8. The molecule has 0 aromatic heterocycles. The first-order valence-electron chi connectivity index (χ1n) is 13.4. The van der Waals surface area contributed by atoms with E-state index in [1.807, 2.05) is 0 Å². The molecule has 2 unspecified atom stereocenters. The third kappa shape index (κ3) is 6.62. The Morgan fingerprint density at radius 2 is 1.67 bits per heavy atom. The van der Waals surface area contributed by atoms with Crippen LogP contribution >= 0.6 is 23.2 Å². The molecular formula is C30H26Cl2F3N5O3. The fourth-order valence-electron chi connectivity index (χ4n) is 4.97. The van der Waals surface area contributed by atoms with E-state index in [9.17, 15) is 22.8 Å². The summed E-state index contributed by atoms with van der Waals surface area (Å²) in [5.74, 6) is 0.0513. The summed E-state index contributed by atoms with van der Waals surface area (Å²) in [6, 6.07) is 14.6. The highest BCUT2D eigenvalue weighted by molar-refractivity contribution is 6.30. The van der Waals surface area contributed by atoms with Crippen LogP contribution in [0.5, 0.6) is 5.75 Å². The summed E-state index contributed by atoms with van der Waals surface area (Å²) in [6.45, 7) is 2.38. The molecule has 1 N–H and O–H groups in total. The summed E-state index contributed by atoms with van der Waals surface area (Å²) < 4.78 is 46.5. The molecule has 2 atom stereocenters. The summed E-state index contributed by atoms with van der Waals surface area (Å²) in [4.78, 5) is 37.4. The van der Waals surface area contributed by atoms with Crippen LogP contribution in [-0.4, -0.2) is 60.2 Å². The van der Waals surface area contributed by atoms with Gasteiger partial charge in [0, 0.05) is 29.3 Å². The van der Waals surface area contributed by atoms with Gasteiger partial charge in [0.05, 0.1) is 30.3 Å². The van der Waals surface area contributed by atoms with E-state index in [2.05, 4.69) is 10.3 Å². The van der Waals surface area contributed by atoms with Gasteiger partial charge < -0.3 is 15.0 Å². The second kappa shape index (κ2) is 12.6. The van der Waals surface area contributed by atoms with E-state index in [1.54, 1.807) is 55.5 Å². The topological polar surface area (TPSA) is 86.6 Å². The predicted molar refractivity (Wildman–Crippen MR) is 158 cm³/mol. The molecule has 224 valence electrons. The number of amides is 4. The van der Waals surface area contributed by atoms with E-state index in [0.717, 1.165) is 17.7 Å². The molecule has 3 aromatic carbocycles. The highest BCUT2D eigenvalue weighted by Crippen LogP contribution is 2.45. The van der Waals surface area contributed by atoms with Crippen molar-refractivity contribution in [1.82, 2.24) is 15.1 Å². The first kappa shape index (κ1) is 30.4. The van der Waals surface area contributed by atoms with Crippen molar-refractivity contribution < 1.29 is 27.5 Å². The fourth-order valence-corrected chi connectivity index (χ4v) is 5.22. The maximum Gasteiger partial charge on any atom is 0.416 e. The summed E-state index contributed by atoms with van der Waals surface area (Å²) in [6.07, 6.45) is -3.12. The lowest BCUT2D eigenvalue weighted by atomic mass is 9.94. The number of carbonyl (C=O) groups excluding carboxylic acids is 2. The molecule has 0 radical (unpaired) electrons. The third-order valence-electron chi connectivity index (χ3n) is 6.99. The maximum absolute atomic E-state index is 14.0. The zero-order chi connectivity index (χ0) is 30.7. The van der Waals surface area contributed by atoms with Crippen molar-refractivity contribution >= 4 is 47.3 Å². The molecule has 13 heteroatoms. The van der Waals surface area contributed by atoms with Crippen molar-refractivity contribution in [2.75, 3.05) is 26.2 Å². The minimum Gasteiger partial charge on any atom is -0.493 e. The van der Waals surface area contributed by atoms with Crippen LogP contribution in [0.2, 0.25) is 10.0 Å². The van der Waals surface area contributed by atoms with E-state index in [-0.39, 0.29) is 36.8 Å². The Balaban J connectivity index is 1.60. The SMILES string of the molecule is CCOc1cc(C(F)(F)F)ccc1C1=NC(c2ccc(Cl)cc2)C(c2ccc(Cl)cc2)N1C(=O)NCCN1CC=NC1=O. The molecule has 2 aliphatic rings. The molecule has 0 saturated carbocycles. The van der Waals surface area contributed by atoms with Crippen LogP contribution in [0.15, 0.2) is 76.7 Å². The number of hydrogen-bond acceptors (Lipinski definition) is 4. The molecule has 8 nitrogen and oxygen atoms in total. The van der Waals surface area contributed by atoms with E-state index in [1.165, 1.54) is 22.1 Å². The normalized spacial score (nSPS) is 18.3. The lowest BCUT2D eigenvalue weighted by Gasteiger charge is -2.30. The van der Waals surface area contributed by atoms with Crippen molar-refractivity contribution in [3.05, 3.63) is 99.0 Å². The molecule has 0 fully saturated rings. The lowest BCUT2D eigenvalue weighted by molar-refractivity contribution is -0.137. The van der Waals surface area contributed by atoms with Gasteiger partial charge in [-0.1, -0.05) is 47.5 Å². The molecule has 43 heavy (non-hydrogen) atoms. The van der Waals surface area contributed by atoms with Gasteiger partial charge in [0.15, 0.2) is 0 Å². The van der Waals surface area contributed by atoms with Crippen molar-refractivity contribution in [3.8, 4) is 5.75 Å². The maximum atomic E-state index is 14.0. The monoisotopic (exact) mass is 631 g/mol. The Labute approximate surface area is 255 Å². The van der Waals surface area contributed by atoms with E-state index < -0.39 is 35.9 Å². The number of alkyl halides is 3. The minimum atomic E-state index is -4.60. The standard InChI is InChI=1S/C30H26Cl2F3N5O3/c1-2-43-24-17-20(30(33,34)35)7-12-23(24)27-38-25(18-3-8-21(31)9-4-18)26(19-5-10-22(32)11-6-19)40(27)29(42)37-14-16-39-15-13-36-28(39)41/h3-13,17,25-26H,2,14-16H2,1H3,(H,37,42). The van der Waals surface area contributed by atoms with Crippen molar-refractivity contribution in [3.63, 3.8) is 0 Å². The summed E-state index contributed by atoms with van der Waals surface area (Å²) >= 11 is 12.3. The largest absolute Gasteiger partial charge is 0.493 e. The van der Waals surface area contributed by atoms with Gasteiger partial charge in [-0.15, -0.1) is 0 Å². The Kier molecular flexibility index (Phi) is 8.93. The Bertz CT molecular complexity index is 1560. The van der Waals surface area contributed by atoms with Gasteiger partial charge in [-0.2, -0.15) is 13.2 Å². The number of urea groups is 2. The zero-order valence-corrected chi connectivity index (χ0v) is 24.3. The summed E-state index contributed by atoms with van der Waals surface area (Å²) in [5, 5.41) is 3.83. The van der Waals surface area contributed by atoms with E-state index in [4.69, 9.17) is 32.9 Å². The van der Waals surface area contributed by atoms with Crippen LogP contribution in [-0.2, 0) is 6.18 Å². The molecular weight excluding hydrogens is 606 g/mol. The smallest absolute Gasteiger partial charge is 0.416 e. The molecule has 5 rings (SSSR count). The second-order valence-electron chi connectivity index (χ2n) is 9.73. The predicted octanol–water partition coefficient (Wildman–Crippen LogP) is 7.17. The van der Waals surface area contributed by atoms with Crippen LogP contribution in [0.25, 0.3) is 0 Å². The Morgan fingerprint density at radius 1 is 1.02 bits per heavy atom. The number of nitrogens with one attached hydrogen (secondary N) is 1. The third-order valence-corrected chi connectivity index (χ3v) is 7.49. The first-order chi connectivity index (χ1) is 20.6. The lowest BCUT2D eigenvalue weighted by Crippen LogP contribution is -2.46. The average molecular weight is 632 g/mol. The zero-order valence-electron chi connectivity index (χ0n) is 22.8.